The van der Waals surface area contributed by atoms with Crippen LogP contribution in [0.5, 0.6) is 0 Å². The Morgan fingerprint density at radius 1 is 1.03 bits per heavy atom. The van der Waals surface area contributed by atoms with Crippen LogP contribution in [0.4, 0.5) is 18.9 Å². The van der Waals surface area contributed by atoms with Crippen molar-refractivity contribution in [1.29, 1.82) is 0 Å². The highest BCUT2D eigenvalue weighted by Crippen LogP contribution is 2.16. The van der Waals surface area contributed by atoms with Crippen LogP contribution in [0, 0.1) is 0 Å². The van der Waals surface area contributed by atoms with Gasteiger partial charge in [-0.2, -0.15) is 13.2 Å². The molecule has 0 saturated carbocycles. The van der Waals surface area contributed by atoms with Gasteiger partial charge in [-0.25, -0.2) is 4.79 Å². The molecule has 6 nitrogen and oxygen atoms in total. The molecule has 2 aromatic carbocycles. The second-order valence-corrected chi connectivity index (χ2v) is 6.39. The van der Waals surface area contributed by atoms with E-state index in [0.29, 0.717) is 17.3 Å². The number of nitrogens with one attached hydrogen (secondary N) is 2. The molecule has 0 fully saturated rings. The number of carbonyl (C=O) groups excluding carboxylic acids is 3. The van der Waals surface area contributed by atoms with Crippen LogP contribution in [0.3, 0.4) is 0 Å². The highest BCUT2D eigenvalue weighted by atomic mass is 19.4. The molecule has 1 amide bonds. The highest BCUT2D eigenvalue weighted by Gasteiger charge is 2.36. The Hall–Kier alpha value is -3.62. The molecule has 0 aliphatic carbocycles. The molecule has 0 aliphatic heterocycles. The van der Waals surface area contributed by atoms with Crippen LogP contribution in [-0.2, 0) is 20.7 Å². The van der Waals surface area contributed by atoms with Crippen molar-refractivity contribution in [2.45, 2.75) is 25.6 Å². The lowest BCUT2D eigenvalue weighted by atomic mass is 10.1. The maximum absolute atomic E-state index is 12.7. The minimum Gasteiger partial charge on any atom is -0.462 e. The molecule has 31 heavy (non-hydrogen) atoms. The third kappa shape index (κ3) is 7.61. The first-order chi connectivity index (χ1) is 14.7. The summed E-state index contributed by atoms with van der Waals surface area (Å²) in [5.41, 5.74) is 1.46. The van der Waals surface area contributed by atoms with Crippen molar-refractivity contribution in [2.24, 2.45) is 0 Å². The monoisotopic (exact) mass is 434 g/mol. The molecule has 0 aliphatic rings. The summed E-state index contributed by atoms with van der Waals surface area (Å²) in [6, 6.07) is 13.9. The van der Waals surface area contributed by atoms with Crippen molar-refractivity contribution in [3.63, 3.8) is 0 Å². The Balaban J connectivity index is 2.11. The lowest BCUT2D eigenvalue weighted by molar-refractivity contribution is -0.165. The van der Waals surface area contributed by atoms with Gasteiger partial charge < -0.3 is 15.4 Å². The molecule has 164 valence electrons. The Kier molecular flexibility index (Phi) is 8.36. The number of benzene rings is 2. The second-order valence-electron chi connectivity index (χ2n) is 6.39. The predicted octanol–water partition coefficient (Wildman–Crippen LogP) is 3.65. The van der Waals surface area contributed by atoms with Gasteiger partial charge in [0.2, 0.25) is 5.91 Å². The van der Waals surface area contributed by atoms with Gasteiger partial charge in [0, 0.05) is 24.4 Å². The summed E-state index contributed by atoms with van der Waals surface area (Å²) in [5.74, 6) is -3.06. The molecule has 0 heterocycles. The van der Waals surface area contributed by atoms with E-state index in [2.05, 4.69) is 10.6 Å². The number of ketones is 1. The Labute approximate surface area is 177 Å². The molecule has 0 radical (unpaired) electrons. The minimum atomic E-state index is -4.99. The molecule has 2 rings (SSSR count). The molecule has 1 atom stereocenters. The van der Waals surface area contributed by atoms with Gasteiger partial charge in [0.05, 0.1) is 12.2 Å². The molecule has 2 aromatic rings. The number of amides is 1. The zero-order valence-corrected chi connectivity index (χ0v) is 16.6. The second kappa shape index (κ2) is 11.0. The molecule has 9 heteroatoms. The van der Waals surface area contributed by atoms with Gasteiger partial charge in [-0.3, -0.25) is 9.59 Å². The first-order valence-electron chi connectivity index (χ1n) is 9.36. The molecule has 2 N–H and O–H groups in total. The number of alkyl halides is 3. The van der Waals surface area contributed by atoms with Gasteiger partial charge in [-0.1, -0.05) is 30.3 Å². The number of allylic oxidation sites excluding steroid dienone is 1. The Morgan fingerprint density at radius 3 is 2.26 bits per heavy atom. The summed E-state index contributed by atoms with van der Waals surface area (Å²) < 4.78 is 42.0. The quantitative estimate of drug-likeness (QED) is 0.465. The van der Waals surface area contributed by atoms with Crippen LogP contribution in [-0.4, -0.2) is 36.5 Å². The van der Waals surface area contributed by atoms with E-state index in [4.69, 9.17) is 4.74 Å². The third-order valence-electron chi connectivity index (χ3n) is 4.07. The fourth-order valence-corrected chi connectivity index (χ4v) is 2.54. The van der Waals surface area contributed by atoms with Gasteiger partial charge in [-0.15, -0.1) is 0 Å². The van der Waals surface area contributed by atoms with E-state index in [-0.39, 0.29) is 13.0 Å². The molecular weight excluding hydrogens is 413 g/mol. The number of halogens is 3. The summed E-state index contributed by atoms with van der Waals surface area (Å²) in [7, 11) is 0. The number of hydrogen-bond donors (Lipinski definition) is 2. The zero-order valence-electron chi connectivity index (χ0n) is 16.6. The largest absolute Gasteiger partial charge is 0.462 e. The van der Waals surface area contributed by atoms with Crippen LogP contribution in [0.1, 0.15) is 22.8 Å². The van der Waals surface area contributed by atoms with Gasteiger partial charge in [-0.05, 0) is 36.8 Å². The van der Waals surface area contributed by atoms with Crippen molar-refractivity contribution >= 4 is 23.3 Å². The molecule has 0 spiro atoms. The van der Waals surface area contributed by atoms with E-state index in [0.717, 1.165) is 11.8 Å². The topological polar surface area (TPSA) is 84.5 Å². The van der Waals surface area contributed by atoms with Crippen molar-refractivity contribution in [3.05, 3.63) is 78.0 Å². The Morgan fingerprint density at radius 2 is 1.68 bits per heavy atom. The summed E-state index contributed by atoms with van der Waals surface area (Å²) in [5, 5.41) is 5.18. The van der Waals surface area contributed by atoms with Gasteiger partial charge in [0.15, 0.2) is 0 Å². The third-order valence-corrected chi connectivity index (χ3v) is 4.07. The zero-order chi connectivity index (χ0) is 22.9. The smallest absolute Gasteiger partial charge is 0.454 e. The average Bonchev–Trinajstić information content (AvgIpc) is 2.73. The van der Waals surface area contributed by atoms with E-state index in [1.165, 1.54) is 24.3 Å². The number of rotatable bonds is 9. The predicted molar refractivity (Wildman–Crippen MR) is 108 cm³/mol. The lowest BCUT2D eigenvalue weighted by Gasteiger charge is -2.17. The van der Waals surface area contributed by atoms with E-state index in [1.54, 1.807) is 37.3 Å². The minimum absolute atomic E-state index is 0.165. The molecule has 0 saturated heterocycles. The normalized spacial score (nSPS) is 12.3. The summed E-state index contributed by atoms with van der Waals surface area (Å²) in [6.45, 7) is 1.91. The first-order valence-corrected chi connectivity index (χ1v) is 9.36. The van der Waals surface area contributed by atoms with E-state index < -0.39 is 29.9 Å². The number of ether oxygens (including phenoxy) is 1. The number of anilines is 1. The molecular formula is C22H21F3N2O4. The maximum Gasteiger partial charge on any atom is 0.454 e. The van der Waals surface area contributed by atoms with Crippen LogP contribution in [0.15, 0.2) is 66.9 Å². The fraction of sp³-hybridized carbons (Fsp3) is 0.227. The number of carbonyl (C=O) groups is 3. The standard InChI is InChI=1S/C22H21F3N2O4/c1-2-31-21(30)16-8-10-17(11-9-16)27-20(29)18(14-15-6-4-3-5-7-15)26-13-12-19(28)22(23,24)25/h3-13,18,26H,2,14H2,1H3,(H,27,29). The molecule has 1 unspecified atom stereocenters. The van der Waals surface area contributed by atoms with E-state index >= 15 is 0 Å². The van der Waals surface area contributed by atoms with Crippen LogP contribution in [0.25, 0.3) is 0 Å². The Bertz CT molecular complexity index is 926. The SMILES string of the molecule is CCOC(=O)c1ccc(NC(=O)C(Cc2ccccc2)NC=CC(=O)C(F)(F)F)cc1. The van der Waals surface area contributed by atoms with E-state index in [1.807, 2.05) is 0 Å². The van der Waals surface area contributed by atoms with Crippen molar-refractivity contribution < 1.29 is 32.3 Å². The fourth-order valence-electron chi connectivity index (χ4n) is 2.54. The van der Waals surface area contributed by atoms with Crippen molar-refractivity contribution in [1.82, 2.24) is 5.32 Å². The molecule has 0 aromatic heterocycles. The summed E-state index contributed by atoms with van der Waals surface area (Å²) >= 11 is 0. The van der Waals surface area contributed by atoms with Crippen LogP contribution in [0.2, 0.25) is 0 Å². The van der Waals surface area contributed by atoms with Crippen molar-refractivity contribution in [3.8, 4) is 0 Å². The van der Waals surface area contributed by atoms with E-state index in [9.17, 15) is 27.6 Å². The molecule has 0 bridgehead atoms. The van der Waals surface area contributed by atoms with Gasteiger partial charge in [0.25, 0.3) is 5.78 Å². The lowest BCUT2D eigenvalue weighted by Crippen LogP contribution is -2.39. The maximum atomic E-state index is 12.7. The summed E-state index contributed by atoms with van der Waals surface area (Å²) in [4.78, 5) is 35.4. The van der Waals surface area contributed by atoms with Gasteiger partial charge in [0.1, 0.15) is 6.04 Å². The van der Waals surface area contributed by atoms with Crippen molar-refractivity contribution in [2.75, 3.05) is 11.9 Å². The first kappa shape index (κ1) is 23.7. The van der Waals surface area contributed by atoms with Gasteiger partial charge >= 0.3 is 12.1 Å². The average molecular weight is 434 g/mol. The van der Waals surface area contributed by atoms with Crippen LogP contribution >= 0.6 is 0 Å². The highest BCUT2D eigenvalue weighted by molar-refractivity contribution is 5.97. The number of hydrogen-bond acceptors (Lipinski definition) is 5. The van der Waals surface area contributed by atoms with Crippen LogP contribution < -0.4 is 10.6 Å². The number of esters is 1. The summed E-state index contributed by atoms with van der Waals surface area (Å²) in [6.07, 6.45) is -3.68.